The van der Waals surface area contributed by atoms with E-state index in [0.717, 1.165) is 0 Å². The van der Waals surface area contributed by atoms with Crippen molar-refractivity contribution in [1.29, 1.82) is 0 Å². The molecular formula is HCaO3P. The smallest absolute Gasteiger partial charge is 0.820 e. The minimum absolute atomic E-state index is 0. The van der Waals surface area contributed by atoms with Crippen LogP contribution in [0.3, 0.4) is 0 Å². The molecular weight excluding hydrogens is 119 g/mol. The molecule has 0 aliphatic rings. The molecule has 0 radical (unpaired) electrons. The molecule has 26 valence electrons. The zero-order chi connectivity index (χ0) is 3.58. The molecule has 0 saturated carbocycles. The van der Waals surface area contributed by atoms with Gasteiger partial charge in [-0.3, -0.25) is 0 Å². The van der Waals surface area contributed by atoms with Gasteiger partial charge in [0.2, 0.25) is 0 Å². The summed E-state index contributed by atoms with van der Waals surface area (Å²) in [5, 5.41) is 0. The van der Waals surface area contributed by atoms with E-state index >= 15 is 0 Å². The first-order valence-electron chi connectivity index (χ1n) is 0.565. The fraction of sp³-hybridized carbons (Fsp3) is 0. The quantitative estimate of drug-likeness (QED) is 0.285. The molecule has 0 aromatic rings. The van der Waals surface area contributed by atoms with E-state index in [9.17, 15) is 0 Å². The first-order chi connectivity index (χ1) is 1.73. The molecule has 0 unspecified atom stereocenters. The Morgan fingerprint density at radius 1 is 1.40 bits per heavy atom. The Labute approximate surface area is 60.6 Å². The van der Waals surface area contributed by atoms with E-state index in [0.29, 0.717) is 0 Å². The zero-order valence-corrected chi connectivity index (χ0v) is 5.52. The van der Waals surface area contributed by atoms with Crippen molar-refractivity contribution in [1.82, 2.24) is 0 Å². The molecule has 0 amide bonds. The van der Waals surface area contributed by atoms with E-state index in [1.54, 1.807) is 0 Å². The minimum Gasteiger partial charge on any atom is -0.820 e. The Morgan fingerprint density at radius 2 is 1.40 bits per heavy atom. The SMILES string of the molecule is [Ca+2].[O-]P([O-])O. The first-order valence-corrected chi connectivity index (χ1v) is 1.70. The maximum absolute atomic E-state index is 8.59. The van der Waals surface area contributed by atoms with Crippen LogP contribution in [0.5, 0.6) is 0 Å². The Morgan fingerprint density at radius 3 is 1.40 bits per heavy atom. The molecule has 0 spiro atoms. The summed E-state index contributed by atoms with van der Waals surface area (Å²) in [7, 11) is -3.12. The molecule has 5 heteroatoms. The molecule has 0 heterocycles. The molecule has 0 atom stereocenters. The standard InChI is InChI=1S/Ca.HO3P/c;1-4(2)3/h;1H/q+2;-2. The summed E-state index contributed by atoms with van der Waals surface area (Å²) >= 11 is 0. The second-order valence-electron chi connectivity index (χ2n) is 0.238. The van der Waals surface area contributed by atoms with Crippen molar-refractivity contribution in [2.75, 3.05) is 0 Å². The van der Waals surface area contributed by atoms with Crippen LogP contribution in [-0.2, 0) is 0 Å². The Hall–Kier alpha value is 1.57. The molecule has 0 aliphatic heterocycles. The van der Waals surface area contributed by atoms with E-state index in [1.165, 1.54) is 0 Å². The monoisotopic (exact) mass is 120 g/mol. The molecule has 0 rings (SSSR count). The second-order valence-corrected chi connectivity index (χ2v) is 0.714. The van der Waals surface area contributed by atoms with Crippen LogP contribution >= 0.6 is 8.60 Å². The van der Waals surface area contributed by atoms with Crippen molar-refractivity contribution in [3.8, 4) is 0 Å². The van der Waals surface area contributed by atoms with E-state index < -0.39 is 8.60 Å². The third-order valence-corrected chi connectivity index (χ3v) is 0. The van der Waals surface area contributed by atoms with Gasteiger partial charge in [0.15, 0.2) is 0 Å². The van der Waals surface area contributed by atoms with Crippen molar-refractivity contribution in [3.05, 3.63) is 0 Å². The van der Waals surface area contributed by atoms with Gasteiger partial charge in [0.1, 0.15) is 0 Å². The van der Waals surface area contributed by atoms with Crippen LogP contribution in [-0.4, -0.2) is 42.6 Å². The van der Waals surface area contributed by atoms with Gasteiger partial charge >= 0.3 is 37.7 Å². The maximum atomic E-state index is 8.59. The summed E-state index contributed by atoms with van der Waals surface area (Å²) in [6.07, 6.45) is 0. The topological polar surface area (TPSA) is 66.3 Å². The molecule has 0 bridgehead atoms. The van der Waals surface area contributed by atoms with E-state index in [-0.39, 0.29) is 37.7 Å². The normalized spacial score (nSPS) is 7.20. The van der Waals surface area contributed by atoms with E-state index in [1.807, 2.05) is 0 Å². The molecule has 0 fully saturated rings. The fourth-order valence-electron chi connectivity index (χ4n) is 0. The number of hydrogen-bond donors (Lipinski definition) is 1. The van der Waals surface area contributed by atoms with E-state index in [2.05, 4.69) is 0 Å². The van der Waals surface area contributed by atoms with Crippen LogP contribution in [0.2, 0.25) is 0 Å². The predicted octanol–water partition coefficient (Wildman–Crippen LogP) is -2.45. The van der Waals surface area contributed by atoms with Crippen LogP contribution in [0.4, 0.5) is 0 Å². The van der Waals surface area contributed by atoms with Crippen LogP contribution in [0.15, 0.2) is 0 Å². The van der Waals surface area contributed by atoms with Gasteiger partial charge in [0, 0.05) is 0 Å². The summed E-state index contributed by atoms with van der Waals surface area (Å²) < 4.78 is 0. The molecule has 1 N–H and O–H groups in total. The molecule has 0 aromatic heterocycles. The number of hydrogen-bond acceptors (Lipinski definition) is 3. The molecule has 3 nitrogen and oxygen atoms in total. The molecule has 5 heavy (non-hydrogen) atoms. The zero-order valence-electron chi connectivity index (χ0n) is 2.42. The van der Waals surface area contributed by atoms with Gasteiger partial charge < -0.3 is 14.7 Å². The van der Waals surface area contributed by atoms with E-state index in [4.69, 9.17) is 14.7 Å². The van der Waals surface area contributed by atoms with Crippen LogP contribution in [0.25, 0.3) is 0 Å². The van der Waals surface area contributed by atoms with Crippen molar-refractivity contribution in [3.63, 3.8) is 0 Å². The van der Waals surface area contributed by atoms with Gasteiger partial charge in [-0.1, -0.05) is 0 Å². The largest absolute Gasteiger partial charge is 2.00 e. The van der Waals surface area contributed by atoms with Crippen LogP contribution in [0, 0.1) is 0 Å². The predicted molar refractivity (Wildman–Crippen MR) is 14.9 cm³/mol. The first kappa shape index (κ1) is 9.76. The Bertz CT molecular complexity index is 11.6. The average Bonchev–Trinajstić information content (AvgIpc) is 0.811. The van der Waals surface area contributed by atoms with Gasteiger partial charge in [-0.2, -0.15) is 8.60 Å². The summed E-state index contributed by atoms with van der Waals surface area (Å²) in [6, 6.07) is 0. The minimum atomic E-state index is -3.12. The summed E-state index contributed by atoms with van der Waals surface area (Å²) in [6.45, 7) is 0. The summed E-state index contributed by atoms with van der Waals surface area (Å²) in [5.41, 5.74) is 0. The number of rotatable bonds is 0. The summed E-state index contributed by atoms with van der Waals surface area (Å²) in [4.78, 5) is 24.2. The third-order valence-electron chi connectivity index (χ3n) is 0. The van der Waals surface area contributed by atoms with Crippen molar-refractivity contribution < 1.29 is 14.7 Å². The van der Waals surface area contributed by atoms with Crippen molar-refractivity contribution >= 4 is 46.3 Å². The van der Waals surface area contributed by atoms with Gasteiger partial charge in [0.25, 0.3) is 0 Å². The van der Waals surface area contributed by atoms with Gasteiger partial charge in [-0.25, -0.2) is 0 Å². The molecule has 0 aliphatic carbocycles. The average molecular weight is 120 g/mol. The second kappa shape index (κ2) is 5.57. The molecule has 0 aromatic carbocycles. The Balaban J connectivity index is 0. The summed E-state index contributed by atoms with van der Waals surface area (Å²) in [5.74, 6) is 0. The van der Waals surface area contributed by atoms with Gasteiger partial charge in [0.05, 0.1) is 0 Å². The van der Waals surface area contributed by atoms with Crippen molar-refractivity contribution in [2.24, 2.45) is 0 Å². The van der Waals surface area contributed by atoms with Crippen LogP contribution < -0.4 is 9.79 Å². The van der Waals surface area contributed by atoms with Crippen LogP contribution in [0.1, 0.15) is 0 Å². The van der Waals surface area contributed by atoms with Gasteiger partial charge in [-0.15, -0.1) is 0 Å². The maximum Gasteiger partial charge on any atom is 2.00 e. The van der Waals surface area contributed by atoms with Crippen molar-refractivity contribution in [2.45, 2.75) is 0 Å². The Kier molecular flexibility index (Phi) is 10.9. The third kappa shape index (κ3) is 28.8. The molecule has 0 saturated heterocycles. The fourth-order valence-corrected chi connectivity index (χ4v) is 0. The van der Waals surface area contributed by atoms with Gasteiger partial charge in [-0.05, 0) is 0 Å².